The highest BCUT2D eigenvalue weighted by molar-refractivity contribution is 7.89. The van der Waals surface area contributed by atoms with Gasteiger partial charge in [-0.05, 0) is 62.2 Å². The number of benzene rings is 2. The Balaban J connectivity index is 1.41. The zero-order valence-electron chi connectivity index (χ0n) is 18.0. The van der Waals surface area contributed by atoms with Gasteiger partial charge in [0.15, 0.2) is 0 Å². The number of piperazine rings is 1. The maximum absolute atomic E-state index is 13.2. The van der Waals surface area contributed by atoms with Crippen LogP contribution in [0.1, 0.15) is 30.1 Å². The summed E-state index contributed by atoms with van der Waals surface area (Å²) in [7, 11) is -3.73. The summed E-state index contributed by atoms with van der Waals surface area (Å²) in [6.45, 7) is 4.23. The number of anilines is 1. The van der Waals surface area contributed by atoms with Crippen molar-refractivity contribution in [3.05, 3.63) is 59.9 Å². The fraction of sp³-hybridized carbons (Fsp3) is 0.435. The lowest BCUT2D eigenvalue weighted by Crippen LogP contribution is -2.48. The van der Waals surface area contributed by atoms with Crippen LogP contribution in [0, 0.1) is 5.82 Å². The first-order valence-electron chi connectivity index (χ1n) is 10.9. The fourth-order valence-electron chi connectivity index (χ4n) is 4.17. The van der Waals surface area contributed by atoms with Crippen LogP contribution >= 0.6 is 0 Å². The van der Waals surface area contributed by atoms with E-state index in [4.69, 9.17) is 4.74 Å². The van der Waals surface area contributed by atoms with Gasteiger partial charge in [0.2, 0.25) is 10.0 Å². The molecule has 4 rings (SSSR count). The van der Waals surface area contributed by atoms with Gasteiger partial charge in [-0.25, -0.2) is 12.8 Å². The van der Waals surface area contributed by atoms with Gasteiger partial charge in [0.05, 0.1) is 17.0 Å². The summed E-state index contributed by atoms with van der Waals surface area (Å²) in [5, 5.41) is 2.92. The van der Waals surface area contributed by atoms with E-state index in [1.54, 1.807) is 24.3 Å². The third kappa shape index (κ3) is 4.95. The van der Waals surface area contributed by atoms with Gasteiger partial charge in [0.1, 0.15) is 5.82 Å². The van der Waals surface area contributed by atoms with Crippen molar-refractivity contribution in [2.45, 2.75) is 36.8 Å². The van der Waals surface area contributed by atoms with E-state index in [2.05, 4.69) is 5.32 Å². The van der Waals surface area contributed by atoms with Gasteiger partial charge in [0, 0.05) is 44.0 Å². The summed E-state index contributed by atoms with van der Waals surface area (Å²) in [5.41, 5.74) is 1.17. The third-order valence-corrected chi connectivity index (χ3v) is 7.94. The van der Waals surface area contributed by atoms with E-state index in [1.165, 1.54) is 28.6 Å². The highest BCUT2D eigenvalue weighted by atomic mass is 32.2. The molecule has 0 bridgehead atoms. The van der Waals surface area contributed by atoms with Gasteiger partial charge < -0.3 is 15.0 Å². The molecule has 2 heterocycles. The molecule has 2 atom stereocenters. The zero-order chi connectivity index (χ0) is 22.7. The summed E-state index contributed by atoms with van der Waals surface area (Å²) in [4.78, 5) is 14.8. The Morgan fingerprint density at radius 1 is 1.12 bits per heavy atom. The second kappa shape index (κ2) is 9.56. The standard InChI is InChI=1S/C23H28FN3O4S/c1-17(22-6-3-15-31-22)25-23(28)18-4-2-5-21(16-18)32(29,30)27-13-11-26(12-14-27)20-9-7-19(24)8-10-20/h2,4-5,7-10,16-17,22H,3,6,11-15H2,1H3,(H,25,28). The minimum absolute atomic E-state index is 0.0109. The first-order valence-corrected chi connectivity index (χ1v) is 12.3. The lowest BCUT2D eigenvalue weighted by molar-refractivity contribution is 0.0712. The van der Waals surface area contributed by atoms with E-state index in [0.717, 1.165) is 18.5 Å². The molecule has 0 spiro atoms. The molecule has 2 aromatic rings. The molecular formula is C23H28FN3O4S. The number of hydrogen-bond acceptors (Lipinski definition) is 5. The molecule has 2 aromatic carbocycles. The predicted octanol–water partition coefficient (Wildman–Crippen LogP) is 2.63. The largest absolute Gasteiger partial charge is 0.376 e. The molecule has 7 nitrogen and oxygen atoms in total. The summed E-state index contributed by atoms with van der Waals surface area (Å²) < 4.78 is 46.6. The molecule has 1 amide bonds. The monoisotopic (exact) mass is 461 g/mol. The van der Waals surface area contributed by atoms with Crippen LogP contribution in [0.2, 0.25) is 0 Å². The Morgan fingerprint density at radius 2 is 1.84 bits per heavy atom. The van der Waals surface area contributed by atoms with Crippen molar-refractivity contribution < 1.29 is 22.3 Å². The molecule has 2 fully saturated rings. The summed E-state index contributed by atoms with van der Waals surface area (Å²) in [6, 6.07) is 12.2. The van der Waals surface area contributed by atoms with Crippen molar-refractivity contribution in [2.24, 2.45) is 0 Å². The van der Waals surface area contributed by atoms with Crippen LogP contribution in [0.25, 0.3) is 0 Å². The quantitative estimate of drug-likeness (QED) is 0.716. The Bertz CT molecular complexity index is 1050. The first kappa shape index (κ1) is 22.7. The fourth-order valence-corrected chi connectivity index (χ4v) is 5.63. The molecule has 2 aliphatic rings. The lowest BCUT2D eigenvalue weighted by Gasteiger charge is -2.35. The highest BCUT2D eigenvalue weighted by Crippen LogP contribution is 2.22. The predicted molar refractivity (Wildman–Crippen MR) is 120 cm³/mol. The van der Waals surface area contributed by atoms with Crippen molar-refractivity contribution in [1.29, 1.82) is 0 Å². The van der Waals surface area contributed by atoms with Crippen molar-refractivity contribution in [1.82, 2.24) is 9.62 Å². The van der Waals surface area contributed by atoms with Crippen LogP contribution < -0.4 is 10.2 Å². The normalized spacial score (nSPS) is 20.8. The number of sulfonamides is 1. The van der Waals surface area contributed by atoms with Gasteiger partial charge in [-0.15, -0.1) is 0 Å². The van der Waals surface area contributed by atoms with Crippen LogP contribution in [0.15, 0.2) is 53.4 Å². The van der Waals surface area contributed by atoms with Crippen LogP contribution in [0.4, 0.5) is 10.1 Å². The molecule has 0 radical (unpaired) electrons. The average Bonchev–Trinajstić information content (AvgIpc) is 3.35. The number of carbonyl (C=O) groups excluding carboxylic acids is 1. The van der Waals surface area contributed by atoms with Crippen molar-refractivity contribution >= 4 is 21.6 Å². The van der Waals surface area contributed by atoms with Crippen LogP contribution in [0.3, 0.4) is 0 Å². The highest BCUT2D eigenvalue weighted by Gasteiger charge is 2.30. The molecule has 2 aliphatic heterocycles. The van der Waals surface area contributed by atoms with E-state index in [9.17, 15) is 17.6 Å². The van der Waals surface area contributed by atoms with Crippen molar-refractivity contribution in [3.63, 3.8) is 0 Å². The number of amides is 1. The van der Waals surface area contributed by atoms with Crippen LogP contribution in [0.5, 0.6) is 0 Å². The Kier molecular flexibility index (Phi) is 6.78. The number of halogens is 1. The van der Waals surface area contributed by atoms with Gasteiger partial charge in [-0.3, -0.25) is 4.79 Å². The summed E-state index contributed by atoms with van der Waals surface area (Å²) in [6.07, 6.45) is 1.87. The summed E-state index contributed by atoms with van der Waals surface area (Å²) in [5.74, 6) is -0.616. The SMILES string of the molecule is CC(NC(=O)c1cccc(S(=O)(=O)N2CCN(c3ccc(F)cc3)CC2)c1)C1CCCO1. The van der Waals surface area contributed by atoms with E-state index in [-0.39, 0.29) is 28.8 Å². The molecule has 2 unspecified atom stereocenters. The Morgan fingerprint density at radius 3 is 2.50 bits per heavy atom. The van der Waals surface area contributed by atoms with E-state index in [1.807, 2.05) is 11.8 Å². The molecule has 2 saturated heterocycles. The van der Waals surface area contributed by atoms with Gasteiger partial charge in [0.25, 0.3) is 5.91 Å². The number of carbonyl (C=O) groups is 1. The number of rotatable bonds is 6. The molecule has 9 heteroatoms. The first-order chi connectivity index (χ1) is 15.3. The van der Waals surface area contributed by atoms with E-state index in [0.29, 0.717) is 38.3 Å². The topological polar surface area (TPSA) is 79.0 Å². The second-order valence-electron chi connectivity index (χ2n) is 8.21. The molecule has 172 valence electrons. The number of nitrogens with one attached hydrogen (secondary N) is 1. The van der Waals surface area contributed by atoms with Crippen LogP contribution in [-0.2, 0) is 14.8 Å². The Hall–Kier alpha value is -2.49. The van der Waals surface area contributed by atoms with Gasteiger partial charge in [-0.2, -0.15) is 4.31 Å². The Labute approximate surface area is 188 Å². The second-order valence-corrected chi connectivity index (χ2v) is 10.1. The minimum Gasteiger partial charge on any atom is -0.376 e. The maximum Gasteiger partial charge on any atom is 0.251 e. The maximum atomic E-state index is 13.2. The van der Waals surface area contributed by atoms with Gasteiger partial charge in [-0.1, -0.05) is 6.07 Å². The minimum atomic E-state index is -3.73. The molecule has 0 aromatic heterocycles. The smallest absolute Gasteiger partial charge is 0.251 e. The molecule has 0 saturated carbocycles. The van der Waals surface area contributed by atoms with E-state index >= 15 is 0 Å². The molecular weight excluding hydrogens is 433 g/mol. The number of ether oxygens (including phenoxy) is 1. The third-order valence-electron chi connectivity index (χ3n) is 6.05. The van der Waals surface area contributed by atoms with Crippen molar-refractivity contribution in [3.8, 4) is 0 Å². The number of nitrogens with zero attached hydrogens (tertiary/aromatic N) is 2. The lowest BCUT2D eigenvalue weighted by atomic mass is 10.1. The van der Waals surface area contributed by atoms with Gasteiger partial charge >= 0.3 is 0 Å². The van der Waals surface area contributed by atoms with Crippen LogP contribution in [-0.4, -0.2) is 63.6 Å². The summed E-state index contributed by atoms with van der Waals surface area (Å²) >= 11 is 0. The zero-order valence-corrected chi connectivity index (χ0v) is 18.9. The van der Waals surface area contributed by atoms with E-state index < -0.39 is 10.0 Å². The molecule has 0 aliphatic carbocycles. The average molecular weight is 462 g/mol. The van der Waals surface area contributed by atoms with Crippen molar-refractivity contribution in [2.75, 3.05) is 37.7 Å². The molecule has 1 N–H and O–H groups in total. The molecule has 32 heavy (non-hydrogen) atoms. The number of hydrogen-bond donors (Lipinski definition) is 1.